The van der Waals surface area contributed by atoms with Gasteiger partial charge in [-0.15, -0.1) is 10.2 Å². The van der Waals surface area contributed by atoms with Gasteiger partial charge in [0.15, 0.2) is 5.82 Å². The number of nitrogens with zero attached hydrogens (tertiary/aromatic N) is 3. The third kappa shape index (κ3) is 6.17. The summed E-state index contributed by atoms with van der Waals surface area (Å²) in [6, 6.07) is 13.1. The van der Waals surface area contributed by atoms with Crippen molar-refractivity contribution in [2.45, 2.75) is 13.3 Å². The summed E-state index contributed by atoms with van der Waals surface area (Å²) < 4.78 is 5.24. The average Bonchev–Trinajstić information content (AvgIpc) is 2.73. The molecule has 29 heavy (non-hydrogen) atoms. The van der Waals surface area contributed by atoms with Gasteiger partial charge in [-0.3, -0.25) is 9.78 Å². The fourth-order valence-corrected chi connectivity index (χ4v) is 2.77. The molecule has 1 amide bonds. The van der Waals surface area contributed by atoms with Gasteiger partial charge in [0.05, 0.1) is 25.4 Å². The lowest BCUT2D eigenvalue weighted by Crippen LogP contribution is -2.30. The van der Waals surface area contributed by atoms with E-state index in [2.05, 4.69) is 31.1 Å². The monoisotopic (exact) mass is 392 g/mol. The highest BCUT2D eigenvalue weighted by Gasteiger charge is 2.06. The Labute approximate surface area is 169 Å². The van der Waals surface area contributed by atoms with Crippen LogP contribution in [0.3, 0.4) is 0 Å². The summed E-state index contributed by atoms with van der Waals surface area (Å²) in [5, 5.41) is 17.4. The number of aromatic nitrogens is 3. The summed E-state index contributed by atoms with van der Waals surface area (Å²) in [7, 11) is 1.64. The number of carbonyl (C=O) groups is 1. The van der Waals surface area contributed by atoms with Crippen LogP contribution in [0.5, 0.6) is 5.75 Å². The molecule has 2 heterocycles. The lowest BCUT2D eigenvalue weighted by molar-refractivity contribution is -0.120. The third-order valence-electron chi connectivity index (χ3n) is 4.18. The summed E-state index contributed by atoms with van der Waals surface area (Å²) in [5.74, 6) is 2.06. The molecule has 0 unspecified atom stereocenters. The van der Waals surface area contributed by atoms with Crippen LogP contribution in [-0.2, 0) is 11.2 Å². The molecular formula is C21H24N6O2. The molecule has 0 saturated carbocycles. The molecule has 0 aliphatic rings. The Morgan fingerprint density at radius 1 is 1.07 bits per heavy atom. The predicted molar refractivity (Wildman–Crippen MR) is 112 cm³/mol. The lowest BCUT2D eigenvalue weighted by atomic mass is 10.1. The van der Waals surface area contributed by atoms with Crippen LogP contribution in [0.4, 0.5) is 17.3 Å². The first kappa shape index (κ1) is 20.1. The SMILES string of the molecule is COc1ccc(CC(=O)NCCNc2ccc(Nc3cccnc3)nn2)cc1C. The van der Waals surface area contributed by atoms with Gasteiger partial charge in [-0.2, -0.15) is 0 Å². The number of ether oxygens (including phenoxy) is 1. The van der Waals surface area contributed by atoms with Gasteiger partial charge in [0, 0.05) is 19.3 Å². The van der Waals surface area contributed by atoms with E-state index in [0.717, 1.165) is 22.6 Å². The van der Waals surface area contributed by atoms with Crippen LogP contribution in [0.1, 0.15) is 11.1 Å². The first-order chi connectivity index (χ1) is 14.1. The van der Waals surface area contributed by atoms with Crippen molar-refractivity contribution in [2.24, 2.45) is 0 Å². The lowest BCUT2D eigenvalue weighted by Gasteiger charge is -2.09. The fourth-order valence-electron chi connectivity index (χ4n) is 2.77. The van der Waals surface area contributed by atoms with Crippen LogP contribution in [0, 0.1) is 6.92 Å². The molecule has 0 fully saturated rings. The van der Waals surface area contributed by atoms with E-state index >= 15 is 0 Å². The summed E-state index contributed by atoms with van der Waals surface area (Å²) in [5.41, 5.74) is 2.81. The van der Waals surface area contributed by atoms with Gasteiger partial charge in [0.2, 0.25) is 5.91 Å². The molecule has 8 heteroatoms. The van der Waals surface area contributed by atoms with Crippen molar-refractivity contribution in [1.29, 1.82) is 0 Å². The summed E-state index contributed by atoms with van der Waals surface area (Å²) in [6.07, 6.45) is 3.75. The maximum Gasteiger partial charge on any atom is 0.224 e. The molecule has 0 aliphatic heterocycles. The zero-order valence-electron chi connectivity index (χ0n) is 16.5. The normalized spacial score (nSPS) is 10.3. The number of aryl methyl sites for hydroxylation is 1. The van der Waals surface area contributed by atoms with Crippen molar-refractivity contribution in [1.82, 2.24) is 20.5 Å². The number of hydrogen-bond donors (Lipinski definition) is 3. The molecule has 1 aromatic carbocycles. The second-order valence-electron chi connectivity index (χ2n) is 6.43. The Balaban J connectivity index is 1.38. The molecule has 150 valence electrons. The maximum absolute atomic E-state index is 12.1. The second-order valence-corrected chi connectivity index (χ2v) is 6.43. The van der Waals surface area contributed by atoms with E-state index in [1.54, 1.807) is 19.5 Å². The van der Waals surface area contributed by atoms with Crippen LogP contribution in [0.15, 0.2) is 54.9 Å². The van der Waals surface area contributed by atoms with E-state index in [4.69, 9.17) is 4.74 Å². The molecule has 8 nitrogen and oxygen atoms in total. The minimum Gasteiger partial charge on any atom is -0.496 e. The van der Waals surface area contributed by atoms with E-state index in [0.29, 0.717) is 31.1 Å². The smallest absolute Gasteiger partial charge is 0.224 e. The Kier molecular flexibility index (Phi) is 6.94. The van der Waals surface area contributed by atoms with E-state index in [9.17, 15) is 4.79 Å². The van der Waals surface area contributed by atoms with Crippen LogP contribution in [-0.4, -0.2) is 41.3 Å². The van der Waals surface area contributed by atoms with Crippen LogP contribution < -0.4 is 20.7 Å². The van der Waals surface area contributed by atoms with Gasteiger partial charge < -0.3 is 20.7 Å². The van der Waals surface area contributed by atoms with E-state index in [-0.39, 0.29) is 5.91 Å². The number of benzene rings is 1. The highest BCUT2D eigenvalue weighted by molar-refractivity contribution is 5.78. The second kappa shape index (κ2) is 10.0. The molecular weight excluding hydrogens is 368 g/mol. The molecule has 0 aliphatic carbocycles. The molecule has 3 rings (SSSR count). The molecule has 0 bridgehead atoms. The first-order valence-electron chi connectivity index (χ1n) is 9.29. The molecule has 0 radical (unpaired) electrons. The fraction of sp³-hybridized carbons (Fsp3) is 0.238. The summed E-state index contributed by atoms with van der Waals surface area (Å²) in [6.45, 7) is 3.01. The molecule has 2 aromatic heterocycles. The van der Waals surface area contributed by atoms with Crippen molar-refractivity contribution >= 4 is 23.2 Å². The standard InChI is InChI=1S/C21H24N6O2/c1-15-12-16(5-6-18(15)29-2)13-21(28)24-11-10-23-19-7-8-20(27-26-19)25-17-4-3-9-22-14-17/h3-9,12,14H,10-11,13H2,1-2H3,(H,23,26)(H,24,28)(H,25,27). The minimum absolute atomic E-state index is 0.0292. The number of nitrogens with one attached hydrogen (secondary N) is 3. The van der Waals surface area contributed by atoms with E-state index in [1.165, 1.54) is 0 Å². The van der Waals surface area contributed by atoms with Crippen molar-refractivity contribution in [2.75, 3.05) is 30.8 Å². The van der Waals surface area contributed by atoms with E-state index < -0.39 is 0 Å². The van der Waals surface area contributed by atoms with Gasteiger partial charge in [-0.1, -0.05) is 12.1 Å². The van der Waals surface area contributed by atoms with Crippen LogP contribution in [0.25, 0.3) is 0 Å². The number of rotatable bonds is 9. The highest BCUT2D eigenvalue weighted by atomic mass is 16.5. The van der Waals surface area contributed by atoms with Crippen molar-refractivity contribution in [3.8, 4) is 5.75 Å². The number of hydrogen-bond acceptors (Lipinski definition) is 7. The predicted octanol–water partition coefficient (Wildman–Crippen LogP) is 2.70. The number of amides is 1. The number of carbonyl (C=O) groups excluding carboxylic acids is 1. The average molecular weight is 392 g/mol. The van der Waals surface area contributed by atoms with Gasteiger partial charge in [0.1, 0.15) is 11.6 Å². The topological polar surface area (TPSA) is 101 Å². The Bertz CT molecular complexity index is 932. The maximum atomic E-state index is 12.1. The molecule has 0 saturated heterocycles. The molecule has 3 N–H and O–H groups in total. The third-order valence-corrected chi connectivity index (χ3v) is 4.18. The highest BCUT2D eigenvalue weighted by Crippen LogP contribution is 2.18. The zero-order valence-corrected chi connectivity index (χ0v) is 16.5. The van der Waals surface area contributed by atoms with Gasteiger partial charge in [0.25, 0.3) is 0 Å². The van der Waals surface area contributed by atoms with Crippen LogP contribution in [0.2, 0.25) is 0 Å². The Morgan fingerprint density at radius 2 is 1.90 bits per heavy atom. The number of anilines is 3. The van der Waals surface area contributed by atoms with Gasteiger partial charge in [-0.25, -0.2) is 0 Å². The minimum atomic E-state index is -0.0292. The van der Waals surface area contributed by atoms with Crippen molar-refractivity contribution in [3.05, 3.63) is 66.0 Å². The summed E-state index contributed by atoms with van der Waals surface area (Å²) >= 11 is 0. The van der Waals surface area contributed by atoms with Crippen molar-refractivity contribution < 1.29 is 9.53 Å². The first-order valence-corrected chi connectivity index (χ1v) is 9.29. The van der Waals surface area contributed by atoms with Gasteiger partial charge in [-0.05, 0) is 48.4 Å². The number of pyridine rings is 1. The zero-order chi connectivity index (χ0) is 20.5. The van der Waals surface area contributed by atoms with Gasteiger partial charge >= 0.3 is 0 Å². The number of methoxy groups -OCH3 is 1. The van der Waals surface area contributed by atoms with E-state index in [1.807, 2.05) is 49.4 Å². The summed E-state index contributed by atoms with van der Waals surface area (Å²) in [4.78, 5) is 16.1. The Hall–Kier alpha value is -3.68. The van der Waals surface area contributed by atoms with Crippen LogP contribution >= 0.6 is 0 Å². The molecule has 0 atom stereocenters. The molecule has 3 aromatic rings. The molecule has 0 spiro atoms. The van der Waals surface area contributed by atoms with Crippen molar-refractivity contribution in [3.63, 3.8) is 0 Å². The quantitative estimate of drug-likeness (QED) is 0.481. The Morgan fingerprint density at radius 3 is 2.59 bits per heavy atom. The largest absolute Gasteiger partial charge is 0.496 e.